The number of rotatable bonds is 3. The van der Waals surface area contributed by atoms with Crippen LogP contribution in [0.4, 0.5) is 4.79 Å². The Bertz CT molecular complexity index is 461. The summed E-state index contributed by atoms with van der Waals surface area (Å²) in [7, 11) is 0. The molecule has 102 valence electrons. The molecular weight excluding hydrogens is 244 g/mol. The highest BCUT2D eigenvalue weighted by Crippen LogP contribution is 2.17. The molecule has 0 aromatic heterocycles. The van der Waals surface area contributed by atoms with Crippen molar-refractivity contribution in [2.75, 3.05) is 13.1 Å². The number of carboxylic acid groups (broad SMARTS) is 1. The zero-order valence-corrected chi connectivity index (χ0v) is 10.9. The van der Waals surface area contributed by atoms with Crippen LogP contribution < -0.4 is 5.32 Å². The third-order valence-corrected chi connectivity index (χ3v) is 3.36. The number of hydrogen-bond acceptors (Lipinski definition) is 2. The molecule has 0 spiro atoms. The Morgan fingerprint density at radius 2 is 2.05 bits per heavy atom. The first-order chi connectivity index (χ1) is 9.08. The molecule has 2 N–H and O–H groups in total. The zero-order chi connectivity index (χ0) is 13.8. The van der Waals surface area contributed by atoms with Gasteiger partial charge in [0.05, 0.1) is 0 Å². The number of nitrogens with one attached hydrogen (secondary N) is 1. The Kier molecular flexibility index (Phi) is 4.04. The summed E-state index contributed by atoms with van der Waals surface area (Å²) in [5, 5.41) is 11.8. The van der Waals surface area contributed by atoms with Gasteiger partial charge in [0.1, 0.15) is 0 Å². The van der Waals surface area contributed by atoms with Gasteiger partial charge in [0, 0.05) is 13.1 Å². The Balaban J connectivity index is 2.05. The molecule has 5 nitrogen and oxygen atoms in total. The van der Waals surface area contributed by atoms with Crippen LogP contribution in [0, 0.1) is 5.92 Å². The molecule has 2 amide bonds. The second-order valence-electron chi connectivity index (χ2n) is 4.97. The number of urea groups is 1. The summed E-state index contributed by atoms with van der Waals surface area (Å²) in [5.41, 5.74) is 0.579. The summed E-state index contributed by atoms with van der Waals surface area (Å²) in [6.45, 7) is 3.46. The minimum atomic E-state index is -1.05. The number of carbonyl (C=O) groups is 2. The maximum atomic E-state index is 12.0. The van der Waals surface area contributed by atoms with Crippen LogP contribution in [-0.2, 0) is 4.79 Å². The lowest BCUT2D eigenvalue weighted by Crippen LogP contribution is -2.42. The van der Waals surface area contributed by atoms with Crippen LogP contribution in [0.5, 0.6) is 0 Å². The highest BCUT2D eigenvalue weighted by Gasteiger charge is 2.28. The fourth-order valence-corrected chi connectivity index (χ4v) is 2.27. The van der Waals surface area contributed by atoms with Crippen LogP contribution >= 0.6 is 0 Å². The smallest absolute Gasteiger partial charge is 0.330 e. The van der Waals surface area contributed by atoms with Gasteiger partial charge in [-0.25, -0.2) is 9.59 Å². The van der Waals surface area contributed by atoms with Crippen LogP contribution in [0.15, 0.2) is 30.3 Å². The summed E-state index contributed by atoms with van der Waals surface area (Å²) >= 11 is 0. The lowest BCUT2D eigenvalue weighted by molar-refractivity contribution is -0.139. The van der Waals surface area contributed by atoms with Gasteiger partial charge in [0.15, 0.2) is 6.04 Å². The number of nitrogens with zero attached hydrogens (tertiary/aromatic N) is 1. The van der Waals surface area contributed by atoms with Crippen molar-refractivity contribution in [1.29, 1.82) is 0 Å². The first-order valence-electron chi connectivity index (χ1n) is 6.41. The molecule has 19 heavy (non-hydrogen) atoms. The fourth-order valence-electron chi connectivity index (χ4n) is 2.27. The molecule has 1 heterocycles. The SMILES string of the molecule is CC1CCN(C(=O)NC(C(=O)O)c2ccccc2)C1. The van der Waals surface area contributed by atoms with E-state index in [1.807, 2.05) is 6.07 Å². The number of likely N-dealkylation sites (tertiary alicyclic amines) is 1. The van der Waals surface area contributed by atoms with Crippen molar-refractivity contribution in [2.45, 2.75) is 19.4 Å². The van der Waals surface area contributed by atoms with E-state index in [0.29, 0.717) is 24.6 Å². The molecule has 5 heteroatoms. The van der Waals surface area contributed by atoms with E-state index in [-0.39, 0.29) is 6.03 Å². The molecule has 2 unspecified atom stereocenters. The van der Waals surface area contributed by atoms with Crippen LogP contribution in [0.25, 0.3) is 0 Å². The number of carbonyl (C=O) groups excluding carboxylic acids is 1. The molecule has 1 aromatic carbocycles. The van der Waals surface area contributed by atoms with Gasteiger partial charge < -0.3 is 15.3 Å². The van der Waals surface area contributed by atoms with Crippen molar-refractivity contribution in [3.8, 4) is 0 Å². The van der Waals surface area contributed by atoms with Crippen molar-refractivity contribution >= 4 is 12.0 Å². The normalized spacial score (nSPS) is 20.1. The predicted octanol–water partition coefficient (Wildman–Crippen LogP) is 1.86. The summed E-state index contributed by atoms with van der Waals surface area (Å²) < 4.78 is 0. The average molecular weight is 262 g/mol. The van der Waals surface area contributed by atoms with Gasteiger partial charge in [-0.3, -0.25) is 0 Å². The Hall–Kier alpha value is -2.04. The van der Waals surface area contributed by atoms with E-state index >= 15 is 0 Å². The van der Waals surface area contributed by atoms with E-state index in [1.165, 1.54) is 0 Å². The van der Waals surface area contributed by atoms with E-state index in [2.05, 4.69) is 12.2 Å². The lowest BCUT2D eigenvalue weighted by Gasteiger charge is -2.21. The predicted molar refractivity (Wildman–Crippen MR) is 70.7 cm³/mol. The monoisotopic (exact) mass is 262 g/mol. The van der Waals surface area contributed by atoms with Gasteiger partial charge in [0.25, 0.3) is 0 Å². The van der Waals surface area contributed by atoms with Gasteiger partial charge in [-0.15, -0.1) is 0 Å². The standard InChI is InChI=1S/C14H18N2O3/c1-10-7-8-16(9-10)14(19)15-12(13(17)18)11-5-3-2-4-6-11/h2-6,10,12H,7-9H2,1H3,(H,15,19)(H,17,18). The summed E-state index contributed by atoms with van der Waals surface area (Å²) in [6, 6.07) is 7.43. The van der Waals surface area contributed by atoms with E-state index in [0.717, 1.165) is 6.42 Å². The van der Waals surface area contributed by atoms with Crippen LogP contribution in [0.3, 0.4) is 0 Å². The molecule has 1 aliphatic heterocycles. The van der Waals surface area contributed by atoms with Crippen molar-refractivity contribution in [1.82, 2.24) is 10.2 Å². The van der Waals surface area contributed by atoms with Gasteiger partial charge in [-0.2, -0.15) is 0 Å². The molecule has 1 fully saturated rings. The van der Waals surface area contributed by atoms with Crippen molar-refractivity contribution in [2.24, 2.45) is 5.92 Å². The maximum Gasteiger partial charge on any atom is 0.330 e. The maximum absolute atomic E-state index is 12.0. The van der Waals surface area contributed by atoms with E-state index < -0.39 is 12.0 Å². The lowest BCUT2D eigenvalue weighted by atomic mass is 10.1. The van der Waals surface area contributed by atoms with Gasteiger partial charge in [-0.1, -0.05) is 37.3 Å². The number of amides is 2. The molecule has 1 aliphatic rings. The van der Waals surface area contributed by atoms with Crippen molar-refractivity contribution < 1.29 is 14.7 Å². The second kappa shape index (κ2) is 5.73. The topological polar surface area (TPSA) is 69.6 Å². The number of carboxylic acids is 1. The Morgan fingerprint density at radius 3 is 2.58 bits per heavy atom. The first kappa shape index (κ1) is 13.4. The number of aliphatic carboxylic acids is 1. The minimum Gasteiger partial charge on any atom is -0.479 e. The highest BCUT2D eigenvalue weighted by atomic mass is 16.4. The molecule has 1 saturated heterocycles. The molecule has 2 atom stereocenters. The molecule has 0 aliphatic carbocycles. The molecule has 0 bridgehead atoms. The summed E-state index contributed by atoms with van der Waals surface area (Å²) in [6.07, 6.45) is 0.969. The van der Waals surface area contributed by atoms with E-state index in [9.17, 15) is 14.7 Å². The van der Waals surface area contributed by atoms with E-state index in [1.54, 1.807) is 29.2 Å². The number of hydrogen-bond donors (Lipinski definition) is 2. The van der Waals surface area contributed by atoms with Gasteiger partial charge in [0.2, 0.25) is 0 Å². The quantitative estimate of drug-likeness (QED) is 0.873. The third-order valence-electron chi connectivity index (χ3n) is 3.36. The minimum absolute atomic E-state index is 0.305. The fraction of sp³-hybridized carbons (Fsp3) is 0.429. The third kappa shape index (κ3) is 3.24. The Labute approximate surface area is 112 Å². The number of benzene rings is 1. The van der Waals surface area contributed by atoms with Gasteiger partial charge >= 0.3 is 12.0 Å². The Morgan fingerprint density at radius 1 is 1.37 bits per heavy atom. The molecule has 0 saturated carbocycles. The van der Waals surface area contributed by atoms with Crippen LogP contribution in [-0.4, -0.2) is 35.1 Å². The highest BCUT2D eigenvalue weighted by molar-refractivity contribution is 5.83. The summed E-state index contributed by atoms with van der Waals surface area (Å²) in [5.74, 6) is -0.572. The molecular formula is C14H18N2O3. The zero-order valence-electron chi connectivity index (χ0n) is 10.9. The first-order valence-corrected chi connectivity index (χ1v) is 6.41. The summed E-state index contributed by atoms with van der Waals surface area (Å²) in [4.78, 5) is 25.0. The van der Waals surface area contributed by atoms with Crippen molar-refractivity contribution in [3.05, 3.63) is 35.9 Å². The van der Waals surface area contributed by atoms with Crippen LogP contribution in [0.2, 0.25) is 0 Å². The van der Waals surface area contributed by atoms with E-state index in [4.69, 9.17) is 0 Å². The van der Waals surface area contributed by atoms with Crippen molar-refractivity contribution in [3.63, 3.8) is 0 Å². The van der Waals surface area contributed by atoms with Crippen LogP contribution in [0.1, 0.15) is 24.9 Å². The van der Waals surface area contributed by atoms with Gasteiger partial charge in [-0.05, 0) is 17.9 Å². The largest absolute Gasteiger partial charge is 0.479 e. The molecule has 1 aromatic rings. The average Bonchev–Trinajstić information content (AvgIpc) is 2.83. The molecule has 0 radical (unpaired) electrons. The second-order valence-corrected chi connectivity index (χ2v) is 4.97. The molecule has 2 rings (SSSR count).